The number of aliphatic hydroxyl groups is 1. The fourth-order valence-corrected chi connectivity index (χ4v) is 5.43. The molecular formula is C11H25O2P. The van der Waals surface area contributed by atoms with Crippen LogP contribution in [0.5, 0.6) is 0 Å². The van der Waals surface area contributed by atoms with Gasteiger partial charge in [0.15, 0.2) is 0 Å². The van der Waals surface area contributed by atoms with Crippen LogP contribution in [0.1, 0.15) is 47.0 Å². The lowest BCUT2D eigenvalue weighted by molar-refractivity contribution is 0.295. The van der Waals surface area contributed by atoms with Gasteiger partial charge in [-0.05, 0) is 19.3 Å². The van der Waals surface area contributed by atoms with Crippen LogP contribution in [0, 0.1) is 0 Å². The van der Waals surface area contributed by atoms with Crippen molar-refractivity contribution in [2.75, 3.05) is 12.8 Å². The molecule has 3 heteroatoms. The molecule has 0 rings (SSSR count). The largest absolute Gasteiger partial charge is 0.396 e. The summed E-state index contributed by atoms with van der Waals surface area (Å²) in [7, 11) is -2.08. The highest BCUT2D eigenvalue weighted by atomic mass is 31.2. The highest BCUT2D eigenvalue weighted by Gasteiger charge is 2.32. The molecular weight excluding hydrogens is 195 g/mol. The van der Waals surface area contributed by atoms with Crippen molar-refractivity contribution in [3.05, 3.63) is 0 Å². The summed E-state index contributed by atoms with van der Waals surface area (Å²) in [6, 6.07) is 0. The van der Waals surface area contributed by atoms with E-state index in [0.29, 0.717) is 23.9 Å². The lowest BCUT2D eigenvalue weighted by Gasteiger charge is -2.29. The summed E-state index contributed by atoms with van der Waals surface area (Å²) < 4.78 is 12.7. The number of rotatable bonds is 7. The molecule has 0 aliphatic heterocycles. The predicted octanol–water partition coefficient (Wildman–Crippen LogP) is 3.33. The molecule has 0 radical (unpaired) electrons. The van der Waals surface area contributed by atoms with Gasteiger partial charge in [-0.25, -0.2) is 0 Å². The first kappa shape index (κ1) is 14.2. The summed E-state index contributed by atoms with van der Waals surface area (Å²) in [5, 5.41) is 8.82. The van der Waals surface area contributed by atoms with Crippen LogP contribution >= 0.6 is 7.14 Å². The topological polar surface area (TPSA) is 37.3 Å². The van der Waals surface area contributed by atoms with E-state index in [-0.39, 0.29) is 6.61 Å². The zero-order chi connectivity index (χ0) is 11.2. The van der Waals surface area contributed by atoms with Crippen LogP contribution in [0.25, 0.3) is 0 Å². The van der Waals surface area contributed by atoms with Gasteiger partial charge >= 0.3 is 0 Å². The Kier molecular flexibility index (Phi) is 6.72. The summed E-state index contributed by atoms with van der Waals surface area (Å²) in [6.45, 7) is 8.53. The monoisotopic (exact) mass is 220 g/mol. The molecule has 0 bridgehead atoms. The van der Waals surface area contributed by atoms with Gasteiger partial charge in [0.2, 0.25) is 0 Å². The van der Waals surface area contributed by atoms with E-state index < -0.39 is 7.14 Å². The molecule has 0 aliphatic rings. The Labute approximate surface area is 88.5 Å². The molecule has 0 aliphatic carbocycles. The average molecular weight is 220 g/mol. The minimum atomic E-state index is -2.08. The first-order valence-corrected chi connectivity index (χ1v) is 7.75. The molecule has 2 unspecified atom stereocenters. The standard InChI is InChI=1S/C11H25O2P/c1-5-10(3)14(13,9-7-8-12)11(4)6-2/h10-12H,5-9H2,1-4H3. The van der Waals surface area contributed by atoms with Crippen LogP contribution in [0.15, 0.2) is 0 Å². The molecule has 0 aromatic heterocycles. The highest BCUT2D eigenvalue weighted by molar-refractivity contribution is 7.65. The van der Waals surface area contributed by atoms with Gasteiger partial charge in [0.1, 0.15) is 0 Å². The van der Waals surface area contributed by atoms with Gasteiger partial charge in [-0.3, -0.25) is 0 Å². The maximum absolute atomic E-state index is 12.7. The Morgan fingerprint density at radius 3 is 1.86 bits per heavy atom. The maximum atomic E-state index is 12.7. The van der Waals surface area contributed by atoms with E-state index >= 15 is 0 Å². The number of hydrogen-bond acceptors (Lipinski definition) is 2. The molecule has 0 fully saturated rings. The second-order valence-electron chi connectivity index (χ2n) is 4.17. The fraction of sp³-hybridized carbons (Fsp3) is 1.00. The van der Waals surface area contributed by atoms with E-state index in [1.54, 1.807) is 0 Å². The van der Waals surface area contributed by atoms with Crippen molar-refractivity contribution in [2.24, 2.45) is 0 Å². The Morgan fingerprint density at radius 2 is 1.57 bits per heavy atom. The van der Waals surface area contributed by atoms with Crippen molar-refractivity contribution in [1.29, 1.82) is 0 Å². The van der Waals surface area contributed by atoms with Crippen LogP contribution in [-0.4, -0.2) is 29.2 Å². The van der Waals surface area contributed by atoms with Crippen LogP contribution in [-0.2, 0) is 4.57 Å². The second-order valence-corrected chi connectivity index (χ2v) is 8.09. The van der Waals surface area contributed by atoms with Crippen molar-refractivity contribution in [1.82, 2.24) is 0 Å². The van der Waals surface area contributed by atoms with E-state index in [4.69, 9.17) is 5.11 Å². The highest BCUT2D eigenvalue weighted by Crippen LogP contribution is 2.57. The Balaban J connectivity index is 4.57. The van der Waals surface area contributed by atoms with E-state index in [9.17, 15) is 4.57 Å². The number of aliphatic hydroxyl groups excluding tert-OH is 1. The normalized spacial score (nSPS) is 20.1. The lowest BCUT2D eigenvalue weighted by atomic mass is 10.4. The van der Waals surface area contributed by atoms with E-state index in [1.165, 1.54) is 0 Å². The van der Waals surface area contributed by atoms with Gasteiger partial charge in [0.05, 0.1) is 7.14 Å². The minimum absolute atomic E-state index is 0.164. The molecule has 0 amide bonds. The molecule has 0 aromatic carbocycles. The van der Waals surface area contributed by atoms with Crippen LogP contribution in [0.4, 0.5) is 0 Å². The molecule has 0 saturated heterocycles. The SMILES string of the molecule is CCC(C)P(=O)(CCCO)C(C)CC. The first-order chi connectivity index (χ1) is 6.52. The van der Waals surface area contributed by atoms with E-state index in [1.807, 2.05) is 0 Å². The molecule has 14 heavy (non-hydrogen) atoms. The Morgan fingerprint density at radius 1 is 1.14 bits per heavy atom. The Bertz CT molecular complexity index is 178. The van der Waals surface area contributed by atoms with Crippen molar-refractivity contribution in [2.45, 2.75) is 58.3 Å². The Hall–Kier alpha value is 0.190. The molecule has 0 spiro atoms. The molecule has 0 aromatic rings. The zero-order valence-electron chi connectivity index (χ0n) is 9.99. The third kappa shape index (κ3) is 3.40. The minimum Gasteiger partial charge on any atom is -0.396 e. The van der Waals surface area contributed by atoms with Crippen LogP contribution in [0.3, 0.4) is 0 Å². The van der Waals surface area contributed by atoms with Gasteiger partial charge in [-0.2, -0.15) is 0 Å². The van der Waals surface area contributed by atoms with Crippen LogP contribution < -0.4 is 0 Å². The molecule has 2 atom stereocenters. The second kappa shape index (κ2) is 6.63. The molecule has 1 N–H and O–H groups in total. The van der Waals surface area contributed by atoms with Crippen molar-refractivity contribution >= 4 is 7.14 Å². The predicted molar refractivity (Wildman–Crippen MR) is 63.7 cm³/mol. The third-order valence-corrected chi connectivity index (χ3v) is 8.07. The smallest absolute Gasteiger partial charge is 0.0931 e. The average Bonchev–Trinajstić information content (AvgIpc) is 2.23. The van der Waals surface area contributed by atoms with Gasteiger partial charge in [-0.15, -0.1) is 0 Å². The fourth-order valence-electron chi connectivity index (χ4n) is 1.81. The summed E-state index contributed by atoms with van der Waals surface area (Å²) in [6.07, 6.45) is 3.36. The third-order valence-electron chi connectivity index (χ3n) is 3.34. The van der Waals surface area contributed by atoms with Gasteiger partial charge in [0.25, 0.3) is 0 Å². The summed E-state index contributed by atoms with van der Waals surface area (Å²) in [4.78, 5) is 0. The number of hydrogen-bond donors (Lipinski definition) is 1. The van der Waals surface area contributed by atoms with Crippen molar-refractivity contribution in [3.63, 3.8) is 0 Å². The summed E-state index contributed by atoms with van der Waals surface area (Å²) in [5.74, 6) is 0. The van der Waals surface area contributed by atoms with Gasteiger partial charge in [0, 0.05) is 24.1 Å². The van der Waals surface area contributed by atoms with Gasteiger partial charge < -0.3 is 9.67 Å². The quantitative estimate of drug-likeness (QED) is 0.668. The van der Waals surface area contributed by atoms with Crippen LogP contribution in [0.2, 0.25) is 0 Å². The van der Waals surface area contributed by atoms with E-state index in [0.717, 1.165) is 12.8 Å². The van der Waals surface area contributed by atoms with E-state index in [2.05, 4.69) is 27.7 Å². The lowest BCUT2D eigenvalue weighted by Crippen LogP contribution is -2.16. The first-order valence-electron chi connectivity index (χ1n) is 5.72. The summed E-state index contributed by atoms with van der Waals surface area (Å²) in [5.41, 5.74) is 0.619. The van der Waals surface area contributed by atoms with Crippen molar-refractivity contribution < 1.29 is 9.67 Å². The van der Waals surface area contributed by atoms with Crippen molar-refractivity contribution in [3.8, 4) is 0 Å². The summed E-state index contributed by atoms with van der Waals surface area (Å²) >= 11 is 0. The zero-order valence-corrected chi connectivity index (χ0v) is 10.9. The maximum Gasteiger partial charge on any atom is 0.0931 e. The molecule has 0 heterocycles. The molecule has 2 nitrogen and oxygen atoms in total. The van der Waals surface area contributed by atoms with Gasteiger partial charge in [-0.1, -0.05) is 27.7 Å². The molecule has 0 saturated carbocycles. The molecule has 86 valence electrons.